The van der Waals surface area contributed by atoms with Gasteiger partial charge in [-0.05, 0) is 25.0 Å². The van der Waals surface area contributed by atoms with Crippen molar-refractivity contribution in [2.75, 3.05) is 0 Å². The van der Waals surface area contributed by atoms with Crippen molar-refractivity contribution in [2.45, 2.75) is 39.2 Å². The largest absolute Gasteiger partial charge is 0.487 e. The van der Waals surface area contributed by atoms with Gasteiger partial charge in [0, 0.05) is 6.07 Å². The minimum absolute atomic E-state index is 0.00922. The molecule has 0 amide bonds. The van der Waals surface area contributed by atoms with E-state index in [2.05, 4.69) is 0 Å². The summed E-state index contributed by atoms with van der Waals surface area (Å²) in [5.74, 6) is -1.08. The highest BCUT2D eigenvalue weighted by molar-refractivity contribution is 5.24. The summed E-state index contributed by atoms with van der Waals surface area (Å²) in [4.78, 5) is 0. The first-order valence-corrected chi connectivity index (χ1v) is 5.29. The van der Waals surface area contributed by atoms with Crippen molar-refractivity contribution >= 4 is 0 Å². The number of halogens is 2. The van der Waals surface area contributed by atoms with E-state index in [9.17, 15) is 8.78 Å². The molecular weight excluding hydrogens is 198 g/mol. The van der Waals surface area contributed by atoms with Gasteiger partial charge in [0.15, 0.2) is 11.6 Å². The van der Waals surface area contributed by atoms with Gasteiger partial charge in [-0.15, -0.1) is 0 Å². The SMILES string of the molecule is CCCC(CC)Oc1ccc(F)cc1F. The van der Waals surface area contributed by atoms with Crippen molar-refractivity contribution in [1.29, 1.82) is 0 Å². The third-order valence-electron chi connectivity index (χ3n) is 2.25. The maximum atomic E-state index is 13.2. The number of rotatable bonds is 5. The zero-order valence-electron chi connectivity index (χ0n) is 9.09. The Morgan fingerprint density at radius 3 is 2.53 bits per heavy atom. The second kappa shape index (κ2) is 5.69. The number of benzene rings is 1. The molecule has 0 saturated carbocycles. The predicted molar refractivity (Wildman–Crippen MR) is 56.0 cm³/mol. The number of hydrogen-bond acceptors (Lipinski definition) is 1. The van der Waals surface area contributed by atoms with Gasteiger partial charge in [-0.25, -0.2) is 8.78 Å². The molecule has 0 N–H and O–H groups in total. The first-order valence-electron chi connectivity index (χ1n) is 5.29. The van der Waals surface area contributed by atoms with Crippen LogP contribution in [0.25, 0.3) is 0 Å². The second-order valence-corrected chi connectivity index (χ2v) is 3.51. The van der Waals surface area contributed by atoms with E-state index in [1.807, 2.05) is 13.8 Å². The molecule has 3 heteroatoms. The molecule has 1 aromatic carbocycles. The van der Waals surface area contributed by atoms with E-state index in [1.165, 1.54) is 12.1 Å². The van der Waals surface area contributed by atoms with Gasteiger partial charge in [0.2, 0.25) is 0 Å². The third kappa shape index (κ3) is 3.50. The molecular formula is C12H16F2O. The summed E-state index contributed by atoms with van der Waals surface area (Å²) in [6.07, 6.45) is 2.70. The smallest absolute Gasteiger partial charge is 0.167 e. The van der Waals surface area contributed by atoms with Gasteiger partial charge >= 0.3 is 0 Å². The summed E-state index contributed by atoms with van der Waals surface area (Å²) in [6.45, 7) is 4.04. The molecule has 1 aromatic rings. The van der Waals surface area contributed by atoms with Crippen LogP contribution in [0.3, 0.4) is 0 Å². The van der Waals surface area contributed by atoms with E-state index >= 15 is 0 Å². The van der Waals surface area contributed by atoms with Crippen molar-refractivity contribution in [3.8, 4) is 5.75 Å². The van der Waals surface area contributed by atoms with E-state index in [0.29, 0.717) is 0 Å². The van der Waals surface area contributed by atoms with E-state index < -0.39 is 11.6 Å². The van der Waals surface area contributed by atoms with E-state index in [0.717, 1.165) is 25.3 Å². The molecule has 0 aliphatic carbocycles. The first kappa shape index (κ1) is 12.0. The van der Waals surface area contributed by atoms with Crippen molar-refractivity contribution in [3.05, 3.63) is 29.8 Å². The normalized spacial score (nSPS) is 12.5. The summed E-state index contributed by atoms with van der Waals surface area (Å²) in [5.41, 5.74) is 0. The summed E-state index contributed by atoms with van der Waals surface area (Å²) < 4.78 is 31.3. The lowest BCUT2D eigenvalue weighted by molar-refractivity contribution is 0.177. The Kier molecular flexibility index (Phi) is 4.53. The predicted octanol–water partition coefficient (Wildman–Crippen LogP) is 3.92. The quantitative estimate of drug-likeness (QED) is 0.721. The van der Waals surface area contributed by atoms with Crippen LogP contribution in [0.2, 0.25) is 0 Å². The summed E-state index contributed by atoms with van der Waals surface area (Å²) >= 11 is 0. The van der Waals surface area contributed by atoms with Crippen molar-refractivity contribution in [2.24, 2.45) is 0 Å². The zero-order valence-corrected chi connectivity index (χ0v) is 9.09. The zero-order chi connectivity index (χ0) is 11.3. The molecule has 0 aliphatic heterocycles. The van der Waals surface area contributed by atoms with E-state index in [4.69, 9.17) is 4.74 Å². The molecule has 0 saturated heterocycles. The topological polar surface area (TPSA) is 9.23 Å². The standard InChI is InChI=1S/C12H16F2O/c1-3-5-10(4-2)15-12-7-6-9(13)8-11(12)14/h6-8,10H,3-5H2,1-2H3. The maximum absolute atomic E-state index is 13.2. The van der Waals surface area contributed by atoms with Crippen LogP contribution >= 0.6 is 0 Å². The Bertz CT molecular complexity index is 312. The Morgan fingerprint density at radius 1 is 1.27 bits per heavy atom. The Labute approximate surface area is 89.1 Å². The molecule has 0 aliphatic rings. The minimum Gasteiger partial charge on any atom is -0.487 e. The van der Waals surface area contributed by atoms with Crippen LogP contribution in [0.4, 0.5) is 8.78 Å². The van der Waals surface area contributed by atoms with Gasteiger partial charge in [-0.1, -0.05) is 20.3 Å². The van der Waals surface area contributed by atoms with Crippen LogP contribution in [-0.4, -0.2) is 6.10 Å². The third-order valence-corrected chi connectivity index (χ3v) is 2.25. The lowest BCUT2D eigenvalue weighted by Gasteiger charge is -2.17. The van der Waals surface area contributed by atoms with Crippen molar-refractivity contribution in [1.82, 2.24) is 0 Å². The molecule has 0 aromatic heterocycles. The number of ether oxygens (including phenoxy) is 1. The van der Waals surface area contributed by atoms with Crippen LogP contribution in [0.5, 0.6) is 5.75 Å². The van der Waals surface area contributed by atoms with Crippen LogP contribution in [0.15, 0.2) is 18.2 Å². The Hall–Kier alpha value is -1.12. The van der Waals surface area contributed by atoms with Gasteiger partial charge in [-0.2, -0.15) is 0 Å². The minimum atomic E-state index is -0.635. The van der Waals surface area contributed by atoms with Gasteiger partial charge in [0.05, 0.1) is 6.10 Å². The average Bonchev–Trinajstić information content (AvgIpc) is 2.21. The fourth-order valence-electron chi connectivity index (χ4n) is 1.42. The fourth-order valence-corrected chi connectivity index (χ4v) is 1.42. The van der Waals surface area contributed by atoms with Crippen LogP contribution in [-0.2, 0) is 0 Å². The fraction of sp³-hybridized carbons (Fsp3) is 0.500. The van der Waals surface area contributed by atoms with E-state index in [1.54, 1.807) is 0 Å². The monoisotopic (exact) mass is 214 g/mol. The Morgan fingerprint density at radius 2 is 2.00 bits per heavy atom. The van der Waals surface area contributed by atoms with Crippen LogP contribution in [0.1, 0.15) is 33.1 Å². The molecule has 0 radical (unpaired) electrons. The van der Waals surface area contributed by atoms with Gasteiger partial charge < -0.3 is 4.74 Å². The van der Waals surface area contributed by atoms with Crippen molar-refractivity contribution in [3.63, 3.8) is 0 Å². The lowest BCUT2D eigenvalue weighted by atomic mass is 10.1. The van der Waals surface area contributed by atoms with Gasteiger partial charge in [0.25, 0.3) is 0 Å². The summed E-state index contributed by atoms with van der Waals surface area (Å²) in [7, 11) is 0. The first-order chi connectivity index (χ1) is 7.17. The highest BCUT2D eigenvalue weighted by Crippen LogP contribution is 2.21. The van der Waals surface area contributed by atoms with Crippen molar-refractivity contribution < 1.29 is 13.5 Å². The molecule has 0 spiro atoms. The summed E-state index contributed by atoms with van der Waals surface area (Å²) in [6, 6.07) is 3.38. The molecule has 0 heterocycles. The summed E-state index contributed by atoms with van der Waals surface area (Å²) in [5, 5.41) is 0. The van der Waals surface area contributed by atoms with E-state index in [-0.39, 0.29) is 11.9 Å². The molecule has 1 atom stereocenters. The lowest BCUT2D eigenvalue weighted by Crippen LogP contribution is -2.15. The van der Waals surface area contributed by atoms with Crippen LogP contribution < -0.4 is 4.74 Å². The molecule has 15 heavy (non-hydrogen) atoms. The maximum Gasteiger partial charge on any atom is 0.167 e. The molecule has 84 valence electrons. The molecule has 1 nitrogen and oxygen atoms in total. The molecule has 0 bridgehead atoms. The number of hydrogen-bond donors (Lipinski definition) is 0. The highest BCUT2D eigenvalue weighted by Gasteiger charge is 2.10. The highest BCUT2D eigenvalue weighted by atomic mass is 19.1. The second-order valence-electron chi connectivity index (χ2n) is 3.51. The van der Waals surface area contributed by atoms with Crippen LogP contribution in [0, 0.1) is 11.6 Å². The molecule has 1 rings (SSSR count). The average molecular weight is 214 g/mol. The van der Waals surface area contributed by atoms with Gasteiger partial charge in [-0.3, -0.25) is 0 Å². The molecule has 1 unspecified atom stereocenters. The van der Waals surface area contributed by atoms with Gasteiger partial charge in [0.1, 0.15) is 5.82 Å². The Balaban J connectivity index is 2.70. The molecule has 0 fully saturated rings.